The summed E-state index contributed by atoms with van der Waals surface area (Å²) in [6.07, 6.45) is 2.18. The van der Waals surface area contributed by atoms with Crippen molar-refractivity contribution >= 4 is 22.5 Å². The molecule has 0 saturated heterocycles. The first-order valence-corrected chi connectivity index (χ1v) is 7.52. The Hall–Kier alpha value is -1.93. The summed E-state index contributed by atoms with van der Waals surface area (Å²) in [6.45, 7) is 5.80. The number of nitrogens with zero attached hydrogens (tertiary/aromatic N) is 1. The molecule has 3 aromatic rings. The van der Waals surface area contributed by atoms with E-state index in [0.29, 0.717) is 6.61 Å². The molecular formula is C18H18ClNO. The van der Waals surface area contributed by atoms with E-state index in [2.05, 4.69) is 42.8 Å². The SMILES string of the molecule is CCn1cc(COc2ccc(Cl)cc2)c2cc(C)ccc21. The van der Waals surface area contributed by atoms with Crippen LogP contribution in [0.25, 0.3) is 10.9 Å². The first kappa shape index (κ1) is 14.0. The maximum atomic E-state index is 5.89. The highest BCUT2D eigenvalue weighted by Crippen LogP contribution is 2.25. The quantitative estimate of drug-likeness (QED) is 0.645. The second kappa shape index (κ2) is 5.82. The lowest BCUT2D eigenvalue weighted by atomic mass is 10.1. The molecular weight excluding hydrogens is 282 g/mol. The number of hydrogen-bond donors (Lipinski definition) is 0. The zero-order chi connectivity index (χ0) is 14.8. The average molecular weight is 300 g/mol. The first-order chi connectivity index (χ1) is 10.2. The van der Waals surface area contributed by atoms with Crippen LogP contribution in [0.1, 0.15) is 18.1 Å². The fraction of sp³-hybridized carbons (Fsp3) is 0.222. The second-order valence-corrected chi connectivity index (χ2v) is 5.64. The number of rotatable bonds is 4. The Morgan fingerprint density at radius 3 is 2.57 bits per heavy atom. The number of halogens is 1. The van der Waals surface area contributed by atoms with Crippen LogP contribution in [0.4, 0.5) is 0 Å². The Morgan fingerprint density at radius 1 is 1.10 bits per heavy atom. The summed E-state index contributed by atoms with van der Waals surface area (Å²) in [7, 11) is 0. The van der Waals surface area contributed by atoms with Gasteiger partial charge in [-0.1, -0.05) is 23.2 Å². The molecule has 0 atom stereocenters. The van der Waals surface area contributed by atoms with Crippen LogP contribution in [0, 0.1) is 6.92 Å². The lowest BCUT2D eigenvalue weighted by molar-refractivity contribution is 0.307. The summed E-state index contributed by atoms with van der Waals surface area (Å²) in [5, 5.41) is 1.99. The van der Waals surface area contributed by atoms with Gasteiger partial charge in [0, 0.05) is 34.2 Å². The predicted octanol–water partition coefficient (Wildman–Crippen LogP) is 5.20. The summed E-state index contributed by atoms with van der Waals surface area (Å²) in [6, 6.07) is 14.0. The molecule has 0 saturated carbocycles. The Bertz CT molecular complexity index is 759. The zero-order valence-corrected chi connectivity index (χ0v) is 13.0. The van der Waals surface area contributed by atoms with Crippen molar-refractivity contribution in [1.29, 1.82) is 0 Å². The fourth-order valence-electron chi connectivity index (χ4n) is 2.55. The van der Waals surface area contributed by atoms with Crippen molar-refractivity contribution in [2.24, 2.45) is 0 Å². The molecule has 1 aromatic heterocycles. The van der Waals surface area contributed by atoms with Crippen molar-refractivity contribution in [1.82, 2.24) is 4.57 Å². The molecule has 0 aliphatic rings. The van der Waals surface area contributed by atoms with Crippen LogP contribution < -0.4 is 4.74 Å². The third kappa shape index (κ3) is 2.91. The van der Waals surface area contributed by atoms with E-state index >= 15 is 0 Å². The maximum Gasteiger partial charge on any atom is 0.119 e. The highest BCUT2D eigenvalue weighted by Gasteiger charge is 2.08. The van der Waals surface area contributed by atoms with Gasteiger partial charge in [0.05, 0.1) is 0 Å². The van der Waals surface area contributed by atoms with E-state index in [1.165, 1.54) is 22.0 Å². The molecule has 0 unspecified atom stereocenters. The van der Waals surface area contributed by atoms with Gasteiger partial charge in [0.1, 0.15) is 12.4 Å². The molecule has 0 amide bonds. The molecule has 1 heterocycles. The molecule has 108 valence electrons. The van der Waals surface area contributed by atoms with E-state index in [4.69, 9.17) is 16.3 Å². The van der Waals surface area contributed by atoms with Gasteiger partial charge >= 0.3 is 0 Å². The van der Waals surface area contributed by atoms with Crippen LogP contribution in [0.2, 0.25) is 5.02 Å². The van der Waals surface area contributed by atoms with Crippen molar-refractivity contribution in [2.45, 2.75) is 27.0 Å². The Balaban J connectivity index is 1.89. The van der Waals surface area contributed by atoms with E-state index in [-0.39, 0.29) is 0 Å². The monoisotopic (exact) mass is 299 g/mol. The van der Waals surface area contributed by atoms with Crippen LogP contribution in [0.5, 0.6) is 5.75 Å². The minimum absolute atomic E-state index is 0.564. The van der Waals surface area contributed by atoms with Gasteiger partial charge in [-0.2, -0.15) is 0 Å². The normalized spacial score (nSPS) is 11.0. The molecule has 3 heteroatoms. The predicted molar refractivity (Wildman–Crippen MR) is 88.1 cm³/mol. The summed E-state index contributed by atoms with van der Waals surface area (Å²) < 4.78 is 8.14. The molecule has 0 spiro atoms. The molecule has 0 radical (unpaired) electrons. The van der Waals surface area contributed by atoms with Gasteiger partial charge < -0.3 is 9.30 Å². The van der Waals surface area contributed by atoms with Crippen molar-refractivity contribution in [3.8, 4) is 5.75 Å². The van der Waals surface area contributed by atoms with Gasteiger partial charge in [-0.25, -0.2) is 0 Å². The minimum atomic E-state index is 0.564. The van der Waals surface area contributed by atoms with E-state index in [1.54, 1.807) is 0 Å². The van der Waals surface area contributed by atoms with E-state index in [0.717, 1.165) is 17.3 Å². The fourth-order valence-corrected chi connectivity index (χ4v) is 2.68. The highest BCUT2D eigenvalue weighted by atomic mass is 35.5. The lowest BCUT2D eigenvalue weighted by Crippen LogP contribution is -1.95. The summed E-state index contributed by atoms with van der Waals surface area (Å²) in [5.41, 5.74) is 3.74. The molecule has 0 bridgehead atoms. The van der Waals surface area contributed by atoms with Crippen LogP contribution in [0.3, 0.4) is 0 Å². The highest BCUT2D eigenvalue weighted by molar-refractivity contribution is 6.30. The zero-order valence-electron chi connectivity index (χ0n) is 12.3. The molecule has 0 aliphatic heterocycles. The van der Waals surface area contributed by atoms with Gasteiger partial charge in [0.25, 0.3) is 0 Å². The van der Waals surface area contributed by atoms with E-state index < -0.39 is 0 Å². The van der Waals surface area contributed by atoms with Gasteiger partial charge in [0.2, 0.25) is 0 Å². The largest absolute Gasteiger partial charge is 0.489 e. The lowest BCUT2D eigenvalue weighted by Gasteiger charge is -2.05. The van der Waals surface area contributed by atoms with Crippen LogP contribution in [-0.2, 0) is 13.2 Å². The minimum Gasteiger partial charge on any atom is -0.489 e. The first-order valence-electron chi connectivity index (χ1n) is 7.14. The van der Waals surface area contributed by atoms with Crippen molar-refractivity contribution < 1.29 is 4.74 Å². The Labute approximate surface area is 129 Å². The average Bonchev–Trinajstić information content (AvgIpc) is 2.84. The number of hydrogen-bond acceptors (Lipinski definition) is 1. The number of ether oxygens (including phenoxy) is 1. The summed E-state index contributed by atoms with van der Waals surface area (Å²) in [5.74, 6) is 0.837. The van der Waals surface area contributed by atoms with Crippen LogP contribution in [-0.4, -0.2) is 4.57 Å². The smallest absolute Gasteiger partial charge is 0.119 e. The summed E-state index contributed by atoms with van der Waals surface area (Å²) in [4.78, 5) is 0. The van der Waals surface area contributed by atoms with Gasteiger partial charge in [-0.05, 0) is 50.2 Å². The van der Waals surface area contributed by atoms with Gasteiger partial charge in [-0.3, -0.25) is 0 Å². The number of fused-ring (bicyclic) bond motifs is 1. The van der Waals surface area contributed by atoms with Gasteiger partial charge in [0.15, 0.2) is 0 Å². The topological polar surface area (TPSA) is 14.2 Å². The molecule has 21 heavy (non-hydrogen) atoms. The Kier molecular flexibility index (Phi) is 3.89. The van der Waals surface area contributed by atoms with Crippen molar-refractivity contribution in [3.63, 3.8) is 0 Å². The number of aryl methyl sites for hydroxylation is 2. The van der Waals surface area contributed by atoms with Crippen LogP contribution >= 0.6 is 11.6 Å². The van der Waals surface area contributed by atoms with Crippen molar-refractivity contribution in [3.05, 3.63) is 64.8 Å². The third-order valence-corrected chi connectivity index (χ3v) is 3.92. The van der Waals surface area contributed by atoms with Gasteiger partial charge in [-0.15, -0.1) is 0 Å². The van der Waals surface area contributed by atoms with E-state index in [9.17, 15) is 0 Å². The summed E-state index contributed by atoms with van der Waals surface area (Å²) >= 11 is 5.89. The third-order valence-electron chi connectivity index (χ3n) is 3.67. The maximum absolute atomic E-state index is 5.89. The molecule has 0 fully saturated rings. The number of benzene rings is 2. The Morgan fingerprint density at radius 2 is 1.86 bits per heavy atom. The second-order valence-electron chi connectivity index (χ2n) is 5.20. The van der Waals surface area contributed by atoms with Crippen molar-refractivity contribution in [2.75, 3.05) is 0 Å². The van der Waals surface area contributed by atoms with Crippen LogP contribution in [0.15, 0.2) is 48.7 Å². The molecule has 0 N–H and O–H groups in total. The molecule has 2 nitrogen and oxygen atoms in total. The standard InChI is InChI=1S/C18H18ClNO/c1-3-20-11-14(17-10-13(2)4-9-18(17)20)12-21-16-7-5-15(19)6-8-16/h4-11H,3,12H2,1-2H3. The number of aromatic nitrogens is 1. The molecule has 3 rings (SSSR count). The molecule has 0 aliphatic carbocycles. The van der Waals surface area contributed by atoms with E-state index in [1.807, 2.05) is 24.3 Å². The molecule has 2 aromatic carbocycles.